The van der Waals surface area contributed by atoms with E-state index in [-0.39, 0.29) is 12.2 Å². The van der Waals surface area contributed by atoms with Crippen LogP contribution in [0.1, 0.15) is 18.4 Å². The molecule has 1 saturated heterocycles. The van der Waals surface area contributed by atoms with Gasteiger partial charge in [-0.2, -0.15) is 0 Å². The number of β-amino-alcohol motifs (C(OH)–C–C–N with tert-alkyl or cyclic N) is 2. The van der Waals surface area contributed by atoms with E-state index in [1.54, 1.807) is 0 Å². The van der Waals surface area contributed by atoms with E-state index in [9.17, 15) is 10.2 Å². The number of aliphatic hydroxyl groups is 2. The van der Waals surface area contributed by atoms with Crippen LogP contribution in [0, 0.1) is 0 Å². The Hall–Kier alpha value is -0.900. The van der Waals surface area contributed by atoms with Gasteiger partial charge < -0.3 is 10.2 Å². The minimum Gasteiger partial charge on any atom is -0.392 e. The molecule has 3 nitrogen and oxygen atoms in total. The average Bonchev–Trinajstić information content (AvgIpc) is 2.42. The zero-order chi connectivity index (χ0) is 11.4. The van der Waals surface area contributed by atoms with Crippen molar-refractivity contribution in [2.75, 3.05) is 13.1 Å². The fourth-order valence-electron chi connectivity index (χ4n) is 2.21. The molecule has 0 amide bonds. The molecule has 88 valence electrons. The van der Waals surface area contributed by atoms with Crippen molar-refractivity contribution >= 4 is 0 Å². The summed E-state index contributed by atoms with van der Waals surface area (Å²) in [6.07, 6.45) is 0.792. The van der Waals surface area contributed by atoms with E-state index in [2.05, 4.69) is 17.0 Å². The Morgan fingerprint density at radius 1 is 1.00 bits per heavy atom. The number of hydrogen-bond donors (Lipinski definition) is 2. The number of nitrogens with zero attached hydrogens (tertiary/aromatic N) is 1. The number of benzene rings is 1. The third kappa shape index (κ3) is 3.30. The minimum absolute atomic E-state index is 0.305. The molecule has 16 heavy (non-hydrogen) atoms. The van der Waals surface area contributed by atoms with Crippen LogP contribution in [0.25, 0.3) is 0 Å². The van der Waals surface area contributed by atoms with Crippen LogP contribution in [0.5, 0.6) is 0 Å². The molecule has 3 heteroatoms. The Morgan fingerprint density at radius 2 is 1.56 bits per heavy atom. The van der Waals surface area contributed by atoms with Gasteiger partial charge in [-0.25, -0.2) is 0 Å². The summed E-state index contributed by atoms with van der Waals surface area (Å²) in [4.78, 5) is 2.12. The highest BCUT2D eigenvalue weighted by Gasteiger charge is 2.21. The Labute approximate surface area is 96.3 Å². The molecular formula is C13H19NO2. The third-order valence-electron chi connectivity index (χ3n) is 3.02. The molecule has 2 atom stereocenters. The average molecular weight is 221 g/mol. The molecule has 1 aliphatic rings. The predicted molar refractivity (Wildman–Crippen MR) is 63.0 cm³/mol. The lowest BCUT2D eigenvalue weighted by atomic mass is 10.1. The molecule has 2 unspecified atom stereocenters. The lowest BCUT2D eigenvalue weighted by Crippen LogP contribution is -2.33. The van der Waals surface area contributed by atoms with Crippen LogP contribution < -0.4 is 0 Å². The van der Waals surface area contributed by atoms with Crippen molar-refractivity contribution in [2.45, 2.75) is 31.6 Å². The minimum atomic E-state index is -0.305. The van der Waals surface area contributed by atoms with Crippen LogP contribution in [0.2, 0.25) is 0 Å². The number of aliphatic hydroxyl groups excluding tert-OH is 2. The summed E-state index contributed by atoms with van der Waals surface area (Å²) in [6.45, 7) is 2.12. The van der Waals surface area contributed by atoms with E-state index < -0.39 is 0 Å². The van der Waals surface area contributed by atoms with Gasteiger partial charge >= 0.3 is 0 Å². The van der Waals surface area contributed by atoms with E-state index in [0.717, 1.165) is 6.54 Å². The largest absolute Gasteiger partial charge is 0.392 e. The molecule has 1 heterocycles. The van der Waals surface area contributed by atoms with Gasteiger partial charge in [0, 0.05) is 19.6 Å². The first-order valence-electron chi connectivity index (χ1n) is 5.86. The van der Waals surface area contributed by atoms with Crippen molar-refractivity contribution in [1.82, 2.24) is 4.90 Å². The Kier molecular flexibility index (Phi) is 3.93. The highest BCUT2D eigenvalue weighted by molar-refractivity contribution is 5.14. The summed E-state index contributed by atoms with van der Waals surface area (Å²) in [5, 5.41) is 19.4. The lowest BCUT2D eigenvalue weighted by molar-refractivity contribution is 0.103. The van der Waals surface area contributed by atoms with E-state index in [0.29, 0.717) is 25.9 Å². The molecule has 0 radical (unpaired) electrons. The predicted octanol–water partition coefficient (Wildman–Crippen LogP) is 1.00. The summed E-state index contributed by atoms with van der Waals surface area (Å²) in [5.74, 6) is 0. The van der Waals surface area contributed by atoms with Crippen molar-refractivity contribution in [1.29, 1.82) is 0 Å². The van der Waals surface area contributed by atoms with Crippen molar-refractivity contribution in [2.24, 2.45) is 0 Å². The van der Waals surface area contributed by atoms with Crippen molar-refractivity contribution in [3.05, 3.63) is 35.9 Å². The molecule has 1 aliphatic heterocycles. The topological polar surface area (TPSA) is 43.7 Å². The molecular weight excluding hydrogens is 202 g/mol. The van der Waals surface area contributed by atoms with Gasteiger partial charge in [0.1, 0.15) is 0 Å². The SMILES string of the molecule is OC1CCC(O)CN(Cc2ccccc2)C1. The Balaban J connectivity index is 1.97. The molecule has 0 saturated carbocycles. The Bertz CT molecular complexity index is 303. The van der Waals surface area contributed by atoms with Gasteiger partial charge in [0.2, 0.25) is 0 Å². The van der Waals surface area contributed by atoms with E-state index in [1.165, 1.54) is 5.56 Å². The molecule has 0 aromatic heterocycles. The Morgan fingerprint density at radius 3 is 2.12 bits per heavy atom. The third-order valence-corrected chi connectivity index (χ3v) is 3.02. The fourth-order valence-corrected chi connectivity index (χ4v) is 2.21. The van der Waals surface area contributed by atoms with Gasteiger partial charge in [0.25, 0.3) is 0 Å². The van der Waals surface area contributed by atoms with E-state index >= 15 is 0 Å². The van der Waals surface area contributed by atoms with Crippen LogP contribution in [0.4, 0.5) is 0 Å². The van der Waals surface area contributed by atoms with Crippen LogP contribution >= 0.6 is 0 Å². The molecule has 1 fully saturated rings. The first-order chi connectivity index (χ1) is 7.74. The van der Waals surface area contributed by atoms with Crippen molar-refractivity contribution in [3.8, 4) is 0 Å². The van der Waals surface area contributed by atoms with Gasteiger partial charge in [0.15, 0.2) is 0 Å². The molecule has 2 N–H and O–H groups in total. The molecule has 2 rings (SSSR count). The standard InChI is InChI=1S/C13H19NO2/c15-12-6-7-13(16)10-14(9-12)8-11-4-2-1-3-5-11/h1-5,12-13,15-16H,6-10H2. The zero-order valence-corrected chi connectivity index (χ0v) is 9.42. The van der Waals surface area contributed by atoms with Crippen LogP contribution in [-0.4, -0.2) is 40.4 Å². The summed E-state index contributed by atoms with van der Waals surface area (Å²) in [7, 11) is 0. The number of rotatable bonds is 2. The summed E-state index contributed by atoms with van der Waals surface area (Å²) < 4.78 is 0. The monoisotopic (exact) mass is 221 g/mol. The number of likely N-dealkylation sites (tertiary alicyclic amines) is 1. The van der Waals surface area contributed by atoms with Crippen molar-refractivity contribution in [3.63, 3.8) is 0 Å². The molecule has 0 bridgehead atoms. The molecule has 1 aromatic carbocycles. The van der Waals surface area contributed by atoms with Gasteiger partial charge in [-0.05, 0) is 18.4 Å². The highest BCUT2D eigenvalue weighted by Crippen LogP contribution is 2.14. The molecule has 1 aromatic rings. The first-order valence-corrected chi connectivity index (χ1v) is 5.86. The molecule has 0 aliphatic carbocycles. The maximum absolute atomic E-state index is 9.70. The number of hydrogen-bond acceptors (Lipinski definition) is 3. The van der Waals surface area contributed by atoms with Gasteiger partial charge in [-0.1, -0.05) is 30.3 Å². The normalized spacial score (nSPS) is 27.6. The summed E-state index contributed by atoms with van der Waals surface area (Å²) >= 11 is 0. The highest BCUT2D eigenvalue weighted by atomic mass is 16.3. The van der Waals surface area contributed by atoms with Crippen LogP contribution in [0.15, 0.2) is 30.3 Å². The van der Waals surface area contributed by atoms with Crippen LogP contribution in [0.3, 0.4) is 0 Å². The van der Waals surface area contributed by atoms with E-state index in [4.69, 9.17) is 0 Å². The van der Waals surface area contributed by atoms with Crippen molar-refractivity contribution < 1.29 is 10.2 Å². The van der Waals surface area contributed by atoms with Gasteiger partial charge in [-0.3, -0.25) is 4.90 Å². The quantitative estimate of drug-likeness (QED) is 0.783. The zero-order valence-electron chi connectivity index (χ0n) is 9.42. The first kappa shape index (κ1) is 11.6. The fraction of sp³-hybridized carbons (Fsp3) is 0.538. The maximum atomic E-state index is 9.70. The second-order valence-electron chi connectivity index (χ2n) is 4.56. The summed E-state index contributed by atoms with van der Waals surface area (Å²) in [5.41, 5.74) is 1.23. The lowest BCUT2D eigenvalue weighted by Gasteiger charge is -2.23. The van der Waals surface area contributed by atoms with Gasteiger partial charge in [0.05, 0.1) is 12.2 Å². The van der Waals surface area contributed by atoms with E-state index in [1.807, 2.05) is 18.2 Å². The molecule has 0 spiro atoms. The van der Waals surface area contributed by atoms with Crippen LogP contribution in [-0.2, 0) is 6.54 Å². The summed E-state index contributed by atoms with van der Waals surface area (Å²) in [6, 6.07) is 10.2. The smallest absolute Gasteiger partial charge is 0.0668 e. The second-order valence-corrected chi connectivity index (χ2v) is 4.56. The van der Waals surface area contributed by atoms with Gasteiger partial charge in [-0.15, -0.1) is 0 Å². The maximum Gasteiger partial charge on any atom is 0.0668 e. The second kappa shape index (κ2) is 5.43.